The number of piperidine rings is 1. The van der Waals surface area contributed by atoms with E-state index in [1.54, 1.807) is 7.11 Å². The zero-order valence-corrected chi connectivity index (χ0v) is 10.6. The lowest BCUT2D eigenvalue weighted by Crippen LogP contribution is -2.46. The van der Waals surface area contributed by atoms with Gasteiger partial charge in [-0.2, -0.15) is 0 Å². The van der Waals surface area contributed by atoms with Crippen molar-refractivity contribution in [2.24, 2.45) is 0 Å². The quantitative estimate of drug-likeness (QED) is 0.865. The molecule has 1 atom stereocenters. The lowest BCUT2D eigenvalue weighted by Gasteiger charge is -2.39. The van der Waals surface area contributed by atoms with Crippen molar-refractivity contribution in [1.82, 2.24) is 9.88 Å². The number of nitrogens with two attached hydrogens (primary N) is 1. The highest BCUT2D eigenvalue weighted by molar-refractivity contribution is 5.29. The number of aromatic nitrogens is 1. The van der Waals surface area contributed by atoms with E-state index in [-0.39, 0.29) is 5.60 Å². The lowest BCUT2D eigenvalue weighted by molar-refractivity contribution is -0.0527. The van der Waals surface area contributed by atoms with E-state index >= 15 is 0 Å². The van der Waals surface area contributed by atoms with Crippen molar-refractivity contribution in [3.63, 3.8) is 0 Å². The van der Waals surface area contributed by atoms with Crippen LogP contribution in [0.5, 0.6) is 0 Å². The van der Waals surface area contributed by atoms with Gasteiger partial charge < -0.3 is 10.5 Å². The van der Waals surface area contributed by atoms with Gasteiger partial charge in [0, 0.05) is 26.4 Å². The van der Waals surface area contributed by atoms with E-state index in [9.17, 15) is 0 Å². The molecule has 0 spiro atoms. The third-order valence-corrected chi connectivity index (χ3v) is 3.48. The molecule has 1 aromatic rings. The Labute approximate surface area is 103 Å². The summed E-state index contributed by atoms with van der Waals surface area (Å²) in [5, 5.41) is 0. The van der Waals surface area contributed by atoms with Crippen LogP contribution in [0, 0.1) is 0 Å². The van der Waals surface area contributed by atoms with Gasteiger partial charge in [-0.1, -0.05) is 6.07 Å². The van der Waals surface area contributed by atoms with Crippen LogP contribution in [0.15, 0.2) is 18.3 Å². The second-order valence-electron chi connectivity index (χ2n) is 5.06. The molecule has 1 unspecified atom stereocenters. The number of hydrogen-bond acceptors (Lipinski definition) is 4. The Morgan fingerprint density at radius 1 is 1.53 bits per heavy atom. The van der Waals surface area contributed by atoms with Gasteiger partial charge in [0.15, 0.2) is 0 Å². The van der Waals surface area contributed by atoms with Crippen molar-refractivity contribution in [2.45, 2.75) is 31.9 Å². The topological polar surface area (TPSA) is 51.4 Å². The number of nitrogens with zero attached hydrogens (tertiary/aromatic N) is 2. The molecule has 4 heteroatoms. The Morgan fingerprint density at radius 2 is 2.35 bits per heavy atom. The van der Waals surface area contributed by atoms with Crippen LogP contribution in [0.1, 0.15) is 25.3 Å². The first-order chi connectivity index (χ1) is 8.11. The third-order valence-electron chi connectivity index (χ3n) is 3.48. The lowest BCUT2D eigenvalue weighted by atomic mass is 9.94. The van der Waals surface area contributed by atoms with E-state index < -0.39 is 0 Å². The standard InChI is InChI=1S/C13H21N3O/c1-13(17-2)6-3-7-16(10-13)9-11-4-5-12(14)15-8-11/h4-5,8H,3,6-7,9-10H2,1-2H3,(H2,14,15). The number of rotatable bonds is 3. The monoisotopic (exact) mass is 235 g/mol. The zero-order valence-electron chi connectivity index (χ0n) is 10.6. The Kier molecular flexibility index (Phi) is 3.64. The van der Waals surface area contributed by atoms with Crippen LogP contribution >= 0.6 is 0 Å². The average Bonchev–Trinajstić information content (AvgIpc) is 2.32. The molecule has 2 N–H and O–H groups in total. The van der Waals surface area contributed by atoms with Gasteiger partial charge in [0.1, 0.15) is 5.82 Å². The van der Waals surface area contributed by atoms with Crippen molar-refractivity contribution in [1.29, 1.82) is 0 Å². The van der Waals surface area contributed by atoms with Gasteiger partial charge in [0.05, 0.1) is 5.60 Å². The number of pyridine rings is 1. The Hall–Kier alpha value is -1.13. The number of ether oxygens (including phenoxy) is 1. The highest BCUT2D eigenvalue weighted by Gasteiger charge is 2.30. The van der Waals surface area contributed by atoms with Crippen molar-refractivity contribution >= 4 is 5.82 Å². The predicted octanol–water partition coefficient (Wildman–Crippen LogP) is 1.66. The highest BCUT2D eigenvalue weighted by atomic mass is 16.5. The van der Waals surface area contributed by atoms with E-state index in [1.807, 2.05) is 18.3 Å². The first-order valence-corrected chi connectivity index (χ1v) is 6.09. The van der Waals surface area contributed by atoms with Gasteiger partial charge in [-0.15, -0.1) is 0 Å². The van der Waals surface area contributed by atoms with Crippen molar-refractivity contribution in [3.8, 4) is 0 Å². The molecule has 0 radical (unpaired) electrons. The van der Waals surface area contributed by atoms with Crippen LogP contribution in [0.25, 0.3) is 0 Å². The molecule has 4 nitrogen and oxygen atoms in total. The normalized spacial score (nSPS) is 26.0. The molecule has 1 aliphatic heterocycles. The third kappa shape index (κ3) is 3.17. The average molecular weight is 235 g/mol. The summed E-state index contributed by atoms with van der Waals surface area (Å²) < 4.78 is 5.59. The summed E-state index contributed by atoms with van der Waals surface area (Å²) in [6.07, 6.45) is 4.18. The van der Waals surface area contributed by atoms with Crippen molar-refractivity contribution < 1.29 is 4.74 Å². The minimum atomic E-state index is -0.000509. The Balaban J connectivity index is 1.97. The van der Waals surface area contributed by atoms with Gasteiger partial charge >= 0.3 is 0 Å². The van der Waals surface area contributed by atoms with Gasteiger partial charge in [-0.3, -0.25) is 4.90 Å². The smallest absolute Gasteiger partial charge is 0.123 e. The number of nitrogen functional groups attached to an aromatic ring is 1. The summed E-state index contributed by atoms with van der Waals surface area (Å²) in [6, 6.07) is 3.90. The Bertz CT molecular complexity index is 365. The fourth-order valence-corrected chi connectivity index (χ4v) is 2.40. The van der Waals surface area contributed by atoms with E-state index in [0.717, 1.165) is 26.1 Å². The molecule has 2 heterocycles. The van der Waals surface area contributed by atoms with Crippen molar-refractivity contribution in [2.75, 3.05) is 25.9 Å². The van der Waals surface area contributed by atoms with E-state index in [2.05, 4.69) is 16.8 Å². The molecule has 0 bridgehead atoms. The van der Waals surface area contributed by atoms with Gasteiger partial charge in [0.25, 0.3) is 0 Å². The summed E-state index contributed by atoms with van der Waals surface area (Å²) in [5.74, 6) is 0.578. The molecule has 1 aromatic heterocycles. The molecule has 94 valence electrons. The molecule has 0 aromatic carbocycles. The largest absolute Gasteiger partial charge is 0.384 e. The molecule has 0 aliphatic carbocycles. The van der Waals surface area contributed by atoms with Crippen LogP contribution in [-0.4, -0.2) is 35.7 Å². The summed E-state index contributed by atoms with van der Waals surface area (Å²) in [7, 11) is 1.80. The van der Waals surface area contributed by atoms with Crippen LogP contribution in [0.2, 0.25) is 0 Å². The fourth-order valence-electron chi connectivity index (χ4n) is 2.40. The highest BCUT2D eigenvalue weighted by Crippen LogP contribution is 2.24. The minimum absolute atomic E-state index is 0.000509. The van der Waals surface area contributed by atoms with Crippen LogP contribution in [-0.2, 0) is 11.3 Å². The number of hydrogen-bond donors (Lipinski definition) is 1. The summed E-state index contributed by atoms with van der Waals surface area (Å²) in [5.41, 5.74) is 6.79. The second-order valence-corrected chi connectivity index (χ2v) is 5.06. The van der Waals surface area contributed by atoms with E-state index in [4.69, 9.17) is 10.5 Å². The molecule has 2 rings (SSSR count). The maximum absolute atomic E-state index is 5.59. The molecular weight excluding hydrogens is 214 g/mol. The molecule has 0 saturated carbocycles. The fraction of sp³-hybridized carbons (Fsp3) is 0.615. The van der Waals surface area contributed by atoms with E-state index in [1.165, 1.54) is 12.0 Å². The maximum atomic E-state index is 5.59. The molecule has 1 saturated heterocycles. The van der Waals surface area contributed by atoms with Gasteiger partial charge in [-0.05, 0) is 37.9 Å². The van der Waals surface area contributed by atoms with Crippen LogP contribution in [0.4, 0.5) is 5.82 Å². The van der Waals surface area contributed by atoms with Crippen molar-refractivity contribution in [3.05, 3.63) is 23.9 Å². The van der Waals surface area contributed by atoms with Gasteiger partial charge in [-0.25, -0.2) is 4.98 Å². The molecule has 1 aliphatic rings. The van der Waals surface area contributed by atoms with Crippen LogP contribution in [0.3, 0.4) is 0 Å². The van der Waals surface area contributed by atoms with Crippen LogP contribution < -0.4 is 5.73 Å². The molecule has 0 amide bonds. The number of methoxy groups -OCH3 is 1. The number of likely N-dealkylation sites (tertiary alicyclic amines) is 1. The van der Waals surface area contributed by atoms with Gasteiger partial charge in [0.2, 0.25) is 0 Å². The zero-order chi connectivity index (χ0) is 12.3. The number of anilines is 1. The maximum Gasteiger partial charge on any atom is 0.123 e. The Morgan fingerprint density at radius 3 is 3.00 bits per heavy atom. The second kappa shape index (κ2) is 5.02. The molecular formula is C13H21N3O. The first-order valence-electron chi connectivity index (χ1n) is 6.09. The minimum Gasteiger partial charge on any atom is -0.384 e. The summed E-state index contributed by atoms with van der Waals surface area (Å²) in [4.78, 5) is 6.54. The molecule has 1 fully saturated rings. The first kappa shape index (κ1) is 12.3. The predicted molar refractivity (Wildman–Crippen MR) is 68.6 cm³/mol. The SMILES string of the molecule is COC1(C)CCCN(Cc2ccc(N)nc2)C1. The molecule has 17 heavy (non-hydrogen) atoms. The summed E-state index contributed by atoms with van der Waals surface area (Å²) >= 11 is 0. The summed E-state index contributed by atoms with van der Waals surface area (Å²) in [6.45, 7) is 5.21. The van der Waals surface area contributed by atoms with E-state index in [0.29, 0.717) is 5.82 Å².